The molecule has 17 heavy (non-hydrogen) atoms. The lowest BCUT2D eigenvalue weighted by Crippen LogP contribution is -2.55. The first-order valence-corrected chi connectivity index (χ1v) is 6.48. The number of hydrogen-bond acceptors (Lipinski definition) is 4. The van der Waals surface area contributed by atoms with Gasteiger partial charge in [0.25, 0.3) is 5.91 Å². The summed E-state index contributed by atoms with van der Waals surface area (Å²) in [4.78, 5) is 14.0. The summed E-state index contributed by atoms with van der Waals surface area (Å²) in [7, 11) is 0. The number of hydrazine groups is 1. The molecular formula is C12H25N3O2. The van der Waals surface area contributed by atoms with Crippen molar-refractivity contribution in [2.75, 3.05) is 13.2 Å². The molecule has 0 aromatic carbocycles. The topological polar surface area (TPSA) is 78.6 Å². The normalized spacial score (nSPS) is 24.4. The van der Waals surface area contributed by atoms with Crippen molar-refractivity contribution >= 4 is 5.91 Å². The number of aliphatic hydroxyl groups is 1. The van der Waals surface area contributed by atoms with Gasteiger partial charge in [0, 0.05) is 6.04 Å². The molecule has 0 bridgehead atoms. The molecule has 1 rings (SSSR count). The first-order valence-electron chi connectivity index (χ1n) is 6.48. The molecule has 0 aromatic rings. The zero-order valence-electron chi connectivity index (χ0n) is 10.9. The quantitative estimate of drug-likeness (QED) is 0.375. The van der Waals surface area contributed by atoms with E-state index in [1.54, 1.807) is 0 Å². The summed E-state index contributed by atoms with van der Waals surface area (Å²) < 4.78 is 0. The molecule has 4 N–H and O–H groups in total. The lowest BCUT2D eigenvalue weighted by atomic mass is 9.99. The fourth-order valence-corrected chi connectivity index (χ4v) is 2.68. The van der Waals surface area contributed by atoms with Crippen LogP contribution in [0, 0.1) is 5.92 Å². The van der Waals surface area contributed by atoms with Crippen LogP contribution in [0.3, 0.4) is 0 Å². The summed E-state index contributed by atoms with van der Waals surface area (Å²) in [5, 5.41) is 9.47. The van der Waals surface area contributed by atoms with Crippen molar-refractivity contribution in [1.82, 2.24) is 10.3 Å². The van der Waals surface area contributed by atoms with Gasteiger partial charge in [0.05, 0.1) is 12.6 Å². The third-order valence-corrected chi connectivity index (χ3v) is 3.53. The van der Waals surface area contributed by atoms with Gasteiger partial charge in [0.15, 0.2) is 0 Å². The summed E-state index contributed by atoms with van der Waals surface area (Å²) in [6.07, 6.45) is 4.33. The van der Waals surface area contributed by atoms with Crippen LogP contribution in [0.4, 0.5) is 0 Å². The van der Waals surface area contributed by atoms with Crippen molar-refractivity contribution in [2.24, 2.45) is 11.8 Å². The van der Waals surface area contributed by atoms with Gasteiger partial charge < -0.3 is 5.11 Å². The van der Waals surface area contributed by atoms with Gasteiger partial charge in [-0.15, -0.1) is 0 Å². The molecule has 1 heterocycles. The van der Waals surface area contributed by atoms with Crippen LogP contribution in [0.15, 0.2) is 0 Å². The Morgan fingerprint density at radius 3 is 2.71 bits per heavy atom. The summed E-state index contributed by atoms with van der Waals surface area (Å²) in [5.74, 6) is 5.29. The Balaban J connectivity index is 2.84. The standard InChI is InChI=1S/C12H25N3O2/c1-9(2)11(12(17)14-13)15-7-5-3-4-6-10(15)8-16/h9-11,16H,3-8,13H2,1-2H3,(H,14,17). The van der Waals surface area contributed by atoms with Crippen LogP contribution in [-0.2, 0) is 4.79 Å². The Hall–Kier alpha value is -0.650. The third-order valence-electron chi connectivity index (χ3n) is 3.53. The van der Waals surface area contributed by atoms with E-state index in [2.05, 4.69) is 10.3 Å². The average Bonchev–Trinajstić information content (AvgIpc) is 2.54. The van der Waals surface area contributed by atoms with Gasteiger partial charge in [-0.2, -0.15) is 0 Å². The van der Waals surface area contributed by atoms with Gasteiger partial charge in [0.2, 0.25) is 0 Å². The van der Waals surface area contributed by atoms with E-state index in [4.69, 9.17) is 5.84 Å². The number of amides is 1. The van der Waals surface area contributed by atoms with Crippen LogP contribution in [0.25, 0.3) is 0 Å². The van der Waals surface area contributed by atoms with Crippen molar-refractivity contribution in [3.05, 3.63) is 0 Å². The molecule has 0 radical (unpaired) electrons. The second-order valence-electron chi connectivity index (χ2n) is 5.12. The van der Waals surface area contributed by atoms with Gasteiger partial charge in [-0.1, -0.05) is 26.7 Å². The monoisotopic (exact) mass is 243 g/mol. The van der Waals surface area contributed by atoms with Gasteiger partial charge in [0.1, 0.15) is 0 Å². The zero-order valence-corrected chi connectivity index (χ0v) is 10.9. The molecule has 0 aromatic heterocycles. The zero-order chi connectivity index (χ0) is 12.8. The molecule has 1 aliphatic heterocycles. The number of aliphatic hydroxyl groups excluding tert-OH is 1. The first-order chi connectivity index (χ1) is 8.11. The van der Waals surface area contributed by atoms with Crippen molar-refractivity contribution < 1.29 is 9.90 Å². The van der Waals surface area contributed by atoms with E-state index in [0.717, 1.165) is 25.8 Å². The van der Waals surface area contributed by atoms with Gasteiger partial charge in [-0.25, -0.2) is 5.84 Å². The highest BCUT2D eigenvalue weighted by Crippen LogP contribution is 2.22. The minimum absolute atomic E-state index is 0.0854. The Morgan fingerprint density at radius 1 is 1.47 bits per heavy atom. The van der Waals surface area contributed by atoms with Gasteiger partial charge in [-0.05, 0) is 25.3 Å². The van der Waals surface area contributed by atoms with Crippen LogP contribution < -0.4 is 11.3 Å². The average molecular weight is 243 g/mol. The fourth-order valence-electron chi connectivity index (χ4n) is 2.68. The molecule has 2 atom stereocenters. The number of carbonyl (C=O) groups excluding carboxylic acids is 1. The number of nitrogens with two attached hydrogens (primary N) is 1. The van der Waals surface area contributed by atoms with Gasteiger partial charge in [-0.3, -0.25) is 15.1 Å². The minimum atomic E-state index is -0.241. The summed E-state index contributed by atoms with van der Waals surface area (Å²) in [5.41, 5.74) is 2.25. The molecule has 5 heteroatoms. The fraction of sp³-hybridized carbons (Fsp3) is 0.917. The first kappa shape index (κ1) is 14.4. The Labute approximate surface area is 103 Å². The maximum atomic E-state index is 11.9. The Kier molecular flexibility index (Phi) is 5.88. The molecule has 1 aliphatic rings. The Morgan fingerprint density at radius 2 is 2.18 bits per heavy atom. The van der Waals surface area contributed by atoms with E-state index in [1.165, 1.54) is 6.42 Å². The predicted molar refractivity (Wildman–Crippen MR) is 67.0 cm³/mol. The molecule has 0 aliphatic carbocycles. The van der Waals surface area contributed by atoms with E-state index in [-0.39, 0.29) is 30.5 Å². The van der Waals surface area contributed by atoms with Crippen molar-refractivity contribution in [3.8, 4) is 0 Å². The van der Waals surface area contributed by atoms with Crippen LogP contribution in [-0.4, -0.2) is 41.1 Å². The molecule has 0 saturated carbocycles. The van der Waals surface area contributed by atoms with Crippen LogP contribution in [0.5, 0.6) is 0 Å². The molecule has 2 unspecified atom stereocenters. The SMILES string of the molecule is CC(C)C(C(=O)NN)N1CCCCCC1CO. The van der Waals surface area contributed by atoms with E-state index in [1.807, 2.05) is 13.8 Å². The minimum Gasteiger partial charge on any atom is -0.395 e. The van der Waals surface area contributed by atoms with Crippen LogP contribution >= 0.6 is 0 Å². The van der Waals surface area contributed by atoms with E-state index in [0.29, 0.717) is 0 Å². The Bertz CT molecular complexity index is 246. The number of nitrogens with zero attached hydrogens (tertiary/aromatic N) is 1. The number of rotatable bonds is 4. The molecule has 100 valence electrons. The smallest absolute Gasteiger partial charge is 0.251 e. The molecular weight excluding hydrogens is 218 g/mol. The number of hydrogen-bond donors (Lipinski definition) is 3. The maximum Gasteiger partial charge on any atom is 0.251 e. The van der Waals surface area contributed by atoms with Crippen LogP contribution in [0.1, 0.15) is 39.5 Å². The number of nitrogens with one attached hydrogen (secondary N) is 1. The summed E-state index contributed by atoms with van der Waals surface area (Å²) in [6.45, 7) is 5.00. The predicted octanol–water partition coefficient (Wildman–Crippen LogP) is 0.238. The van der Waals surface area contributed by atoms with E-state index < -0.39 is 0 Å². The lowest BCUT2D eigenvalue weighted by molar-refractivity contribution is -0.129. The maximum absolute atomic E-state index is 11.9. The van der Waals surface area contributed by atoms with Gasteiger partial charge >= 0.3 is 0 Å². The summed E-state index contributed by atoms with van der Waals surface area (Å²) in [6, 6.07) is -0.155. The lowest BCUT2D eigenvalue weighted by Gasteiger charge is -2.37. The molecule has 0 spiro atoms. The molecule has 5 nitrogen and oxygen atoms in total. The highest BCUT2D eigenvalue weighted by atomic mass is 16.3. The number of carbonyl (C=O) groups is 1. The largest absolute Gasteiger partial charge is 0.395 e. The molecule has 1 fully saturated rings. The third kappa shape index (κ3) is 3.66. The second-order valence-corrected chi connectivity index (χ2v) is 5.12. The highest BCUT2D eigenvalue weighted by molar-refractivity contribution is 5.81. The highest BCUT2D eigenvalue weighted by Gasteiger charge is 2.33. The van der Waals surface area contributed by atoms with Crippen molar-refractivity contribution in [2.45, 2.75) is 51.6 Å². The second kappa shape index (κ2) is 6.93. The van der Waals surface area contributed by atoms with Crippen molar-refractivity contribution in [3.63, 3.8) is 0 Å². The molecule has 1 amide bonds. The van der Waals surface area contributed by atoms with Crippen molar-refractivity contribution in [1.29, 1.82) is 0 Å². The summed E-state index contributed by atoms with van der Waals surface area (Å²) >= 11 is 0. The van der Waals surface area contributed by atoms with E-state index in [9.17, 15) is 9.90 Å². The van der Waals surface area contributed by atoms with E-state index >= 15 is 0 Å². The number of likely N-dealkylation sites (tertiary alicyclic amines) is 1. The molecule has 1 saturated heterocycles. The van der Waals surface area contributed by atoms with Crippen LogP contribution in [0.2, 0.25) is 0 Å².